The van der Waals surface area contributed by atoms with E-state index in [1.54, 1.807) is 30.3 Å². The number of sulfonamides is 2. The molecule has 1 saturated heterocycles. The van der Waals surface area contributed by atoms with Crippen molar-refractivity contribution < 1.29 is 31.6 Å². The predicted octanol–water partition coefficient (Wildman–Crippen LogP) is 0.457. The van der Waals surface area contributed by atoms with E-state index in [1.807, 2.05) is 6.07 Å². The Balaban J connectivity index is 1.87. The van der Waals surface area contributed by atoms with Crippen LogP contribution in [0, 0.1) is 11.3 Å². The van der Waals surface area contributed by atoms with E-state index in [0.29, 0.717) is 10.6 Å². The van der Waals surface area contributed by atoms with Gasteiger partial charge >= 0.3 is 0 Å². The maximum absolute atomic E-state index is 13.2. The van der Waals surface area contributed by atoms with Gasteiger partial charge in [0.05, 0.1) is 6.26 Å². The first-order valence-electron chi connectivity index (χ1n) is 9.19. The zero-order valence-corrected chi connectivity index (χ0v) is 19.3. The normalized spacial score (nSPS) is 18.1. The van der Waals surface area contributed by atoms with Gasteiger partial charge in [-0.1, -0.05) is 0 Å². The highest BCUT2D eigenvalue weighted by Crippen LogP contribution is 2.34. The van der Waals surface area contributed by atoms with Crippen molar-refractivity contribution in [1.82, 2.24) is 14.1 Å². The maximum Gasteiger partial charge on any atom is 0.263 e. The standard InChI is InChI=1S/C18H20N4O7S3/c1-31(25,26)21-9-10-22(15(12-21)18(23)20-24)32(27,28)17-7-6-16(30-17)13-2-4-14(5-3-13)29-11-8-19/h2-7,15,24H,9-12H2,1H3,(H,20,23)/t15-/m1/s1. The third kappa shape index (κ3) is 5.09. The number of thiophene rings is 1. The molecule has 0 spiro atoms. The van der Waals surface area contributed by atoms with E-state index in [4.69, 9.17) is 15.2 Å². The predicted molar refractivity (Wildman–Crippen MR) is 115 cm³/mol. The number of nitrogens with one attached hydrogen (secondary N) is 1. The minimum absolute atomic E-state index is 0.0270. The fourth-order valence-electron chi connectivity index (χ4n) is 3.18. The highest BCUT2D eigenvalue weighted by Gasteiger charge is 2.42. The number of hydrogen-bond donors (Lipinski definition) is 2. The van der Waals surface area contributed by atoms with Gasteiger partial charge in [0.25, 0.3) is 15.9 Å². The van der Waals surface area contributed by atoms with Crippen molar-refractivity contribution in [3.8, 4) is 22.3 Å². The molecule has 1 aromatic heterocycles. The quantitative estimate of drug-likeness (QED) is 0.410. The number of benzene rings is 1. The van der Waals surface area contributed by atoms with Crippen LogP contribution >= 0.6 is 11.3 Å². The Hall–Kier alpha value is -2.54. The molecule has 1 fully saturated rings. The molecule has 1 aliphatic rings. The first kappa shape index (κ1) is 24.1. The summed E-state index contributed by atoms with van der Waals surface area (Å²) in [5, 5.41) is 17.6. The van der Waals surface area contributed by atoms with Crippen LogP contribution in [0.4, 0.5) is 0 Å². The summed E-state index contributed by atoms with van der Waals surface area (Å²) in [6.07, 6.45) is 0.966. The van der Waals surface area contributed by atoms with E-state index < -0.39 is 38.5 Å². The van der Waals surface area contributed by atoms with Crippen LogP contribution in [-0.2, 0) is 24.8 Å². The van der Waals surface area contributed by atoms with Gasteiger partial charge in [0.15, 0.2) is 6.61 Å². The van der Waals surface area contributed by atoms with Crippen LogP contribution < -0.4 is 10.2 Å². The zero-order valence-electron chi connectivity index (χ0n) is 16.8. The summed E-state index contributed by atoms with van der Waals surface area (Å²) in [7, 11) is -7.80. The summed E-state index contributed by atoms with van der Waals surface area (Å²) in [5.74, 6) is -0.520. The van der Waals surface area contributed by atoms with Gasteiger partial charge in [0, 0.05) is 24.5 Å². The van der Waals surface area contributed by atoms with Crippen LogP contribution in [0.5, 0.6) is 5.75 Å². The Kier molecular flexibility index (Phi) is 7.18. The molecule has 0 bridgehead atoms. The van der Waals surface area contributed by atoms with Crippen molar-refractivity contribution >= 4 is 37.3 Å². The third-order valence-electron chi connectivity index (χ3n) is 4.76. The van der Waals surface area contributed by atoms with Crippen molar-refractivity contribution in [2.24, 2.45) is 0 Å². The summed E-state index contributed by atoms with van der Waals surface area (Å²) in [4.78, 5) is 12.8. The highest BCUT2D eigenvalue weighted by molar-refractivity contribution is 7.91. The van der Waals surface area contributed by atoms with Gasteiger partial charge in [0.2, 0.25) is 10.0 Å². The Bertz CT molecular complexity index is 1230. The lowest BCUT2D eigenvalue weighted by molar-refractivity contribution is -0.134. The number of nitriles is 1. The van der Waals surface area contributed by atoms with Crippen LogP contribution in [0.25, 0.3) is 10.4 Å². The van der Waals surface area contributed by atoms with Crippen molar-refractivity contribution in [3.63, 3.8) is 0 Å². The number of piperazine rings is 1. The second kappa shape index (κ2) is 9.53. The fraction of sp³-hybridized carbons (Fsp3) is 0.333. The number of ether oxygens (including phenoxy) is 1. The van der Waals surface area contributed by atoms with Crippen molar-refractivity contribution in [3.05, 3.63) is 36.4 Å². The molecule has 11 nitrogen and oxygen atoms in total. The van der Waals surface area contributed by atoms with Crippen LogP contribution in [0.1, 0.15) is 0 Å². The Morgan fingerprint density at radius 2 is 1.91 bits per heavy atom. The Morgan fingerprint density at radius 1 is 1.22 bits per heavy atom. The number of carbonyl (C=O) groups is 1. The molecular weight excluding hydrogens is 480 g/mol. The molecule has 1 aliphatic heterocycles. The highest BCUT2D eigenvalue weighted by atomic mass is 32.2. The summed E-state index contributed by atoms with van der Waals surface area (Å²) in [6.45, 7) is -0.857. The van der Waals surface area contributed by atoms with Gasteiger partial charge in [-0.15, -0.1) is 11.3 Å². The second-order valence-corrected chi connectivity index (χ2v) is 12.0. The Morgan fingerprint density at radius 3 is 2.50 bits per heavy atom. The van der Waals surface area contributed by atoms with E-state index in [-0.39, 0.29) is 23.9 Å². The molecule has 0 saturated carbocycles. The summed E-state index contributed by atoms with van der Waals surface area (Å²) in [5.41, 5.74) is 2.14. The van der Waals surface area contributed by atoms with E-state index >= 15 is 0 Å². The fourth-order valence-corrected chi connectivity index (χ4v) is 7.02. The number of amides is 1. The molecule has 2 N–H and O–H groups in total. The van der Waals surface area contributed by atoms with Gasteiger partial charge in [-0.05, 0) is 42.0 Å². The molecule has 1 amide bonds. The van der Waals surface area contributed by atoms with E-state index in [2.05, 4.69) is 0 Å². The van der Waals surface area contributed by atoms with Crippen LogP contribution in [-0.4, -0.2) is 75.1 Å². The van der Waals surface area contributed by atoms with Gasteiger partial charge in [0.1, 0.15) is 22.1 Å². The number of rotatable bonds is 7. The maximum atomic E-state index is 13.2. The van der Waals surface area contributed by atoms with Crippen LogP contribution in [0.3, 0.4) is 0 Å². The number of hydrogen-bond acceptors (Lipinski definition) is 9. The molecule has 0 aliphatic carbocycles. The molecule has 1 atom stereocenters. The minimum Gasteiger partial charge on any atom is -0.479 e. The average Bonchev–Trinajstić information content (AvgIpc) is 3.27. The largest absolute Gasteiger partial charge is 0.479 e. The van der Waals surface area contributed by atoms with Crippen molar-refractivity contribution in [2.75, 3.05) is 32.5 Å². The zero-order chi connectivity index (χ0) is 23.5. The molecule has 1 aromatic carbocycles. The van der Waals surface area contributed by atoms with E-state index in [1.165, 1.54) is 11.5 Å². The first-order valence-corrected chi connectivity index (χ1v) is 13.3. The van der Waals surface area contributed by atoms with Gasteiger partial charge in [-0.3, -0.25) is 10.0 Å². The smallest absolute Gasteiger partial charge is 0.263 e. The second-order valence-electron chi connectivity index (χ2n) is 6.82. The molecule has 2 heterocycles. The lowest BCUT2D eigenvalue weighted by Crippen LogP contribution is -2.60. The minimum atomic E-state index is -4.14. The number of carbonyl (C=O) groups excluding carboxylic acids is 1. The number of hydroxylamine groups is 1. The van der Waals surface area contributed by atoms with Crippen LogP contribution in [0.2, 0.25) is 0 Å². The molecular formula is C18H20N4O7S3. The molecule has 14 heteroatoms. The SMILES string of the molecule is CS(=O)(=O)N1CCN(S(=O)(=O)c2ccc(-c3ccc(OCC#N)cc3)s2)[C@@H](C(=O)NO)C1. The molecule has 172 valence electrons. The summed E-state index contributed by atoms with van der Waals surface area (Å²) >= 11 is 0.989. The molecule has 0 unspecified atom stereocenters. The topological polar surface area (TPSA) is 157 Å². The summed E-state index contributed by atoms with van der Waals surface area (Å²) in [6, 6.07) is 10.2. The Labute approximate surface area is 189 Å². The van der Waals surface area contributed by atoms with Crippen LogP contribution in [0.15, 0.2) is 40.6 Å². The van der Waals surface area contributed by atoms with Gasteiger partial charge in [-0.25, -0.2) is 22.3 Å². The number of nitrogens with zero attached hydrogens (tertiary/aromatic N) is 3. The van der Waals surface area contributed by atoms with Crippen molar-refractivity contribution in [1.29, 1.82) is 5.26 Å². The molecule has 3 rings (SSSR count). The van der Waals surface area contributed by atoms with Crippen molar-refractivity contribution in [2.45, 2.75) is 10.3 Å². The monoisotopic (exact) mass is 500 g/mol. The summed E-state index contributed by atoms with van der Waals surface area (Å²) < 4.78 is 57.3. The lowest BCUT2D eigenvalue weighted by Gasteiger charge is -2.37. The van der Waals surface area contributed by atoms with E-state index in [0.717, 1.165) is 31.8 Å². The van der Waals surface area contributed by atoms with Gasteiger partial charge in [-0.2, -0.15) is 13.9 Å². The molecule has 32 heavy (non-hydrogen) atoms. The average molecular weight is 501 g/mol. The molecule has 0 radical (unpaired) electrons. The van der Waals surface area contributed by atoms with E-state index in [9.17, 15) is 21.6 Å². The lowest BCUT2D eigenvalue weighted by atomic mass is 10.2. The third-order valence-corrected chi connectivity index (χ3v) is 9.54. The first-order chi connectivity index (χ1) is 15.1. The molecule has 2 aromatic rings. The van der Waals surface area contributed by atoms with Gasteiger partial charge < -0.3 is 4.74 Å².